The van der Waals surface area contributed by atoms with Crippen LogP contribution in [0.1, 0.15) is 31.7 Å². The fraction of sp³-hybridized carbons (Fsp3) is 0.467. The van der Waals surface area contributed by atoms with E-state index in [9.17, 15) is 14.9 Å². The van der Waals surface area contributed by atoms with Crippen LogP contribution in [0.4, 0.5) is 10.6 Å². The van der Waals surface area contributed by atoms with Crippen LogP contribution in [0.25, 0.3) is 5.57 Å². The third kappa shape index (κ3) is 4.03. The van der Waals surface area contributed by atoms with Crippen LogP contribution in [-0.2, 0) is 4.74 Å². The zero-order valence-corrected chi connectivity index (χ0v) is 12.5. The Balaban J connectivity index is 1.93. The second-order valence-electron chi connectivity index (χ2n) is 5.06. The van der Waals surface area contributed by atoms with Gasteiger partial charge in [-0.2, -0.15) is 0 Å². The van der Waals surface area contributed by atoms with Crippen molar-refractivity contribution in [2.24, 2.45) is 0 Å². The van der Waals surface area contributed by atoms with Gasteiger partial charge < -0.3 is 19.8 Å². The van der Waals surface area contributed by atoms with E-state index in [0.29, 0.717) is 26.1 Å². The molecule has 0 bridgehead atoms. The van der Waals surface area contributed by atoms with Crippen molar-refractivity contribution in [2.45, 2.75) is 26.2 Å². The lowest BCUT2D eigenvalue weighted by molar-refractivity contribution is -0.389. The van der Waals surface area contributed by atoms with Crippen molar-refractivity contribution in [1.82, 2.24) is 9.88 Å². The zero-order chi connectivity index (χ0) is 15.9. The number of hydrogen-bond acceptors (Lipinski definition) is 5. The van der Waals surface area contributed by atoms with Crippen LogP contribution in [0.2, 0.25) is 0 Å². The molecule has 2 heterocycles. The van der Waals surface area contributed by atoms with Crippen LogP contribution in [0.3, 0.4) is 0 Å². The van der Waals surface area contributed by atoms with Crippen LogP contribution in [0.5, 0.6) is 0 Å². The third-order valence-electron chi connectivity index (χ3n) is 3.50. The summed E-state index contributed by atoms with van der Waals surface area (Å²) in [6.45, 7) is 3.56. The van der Waals surface area contributed by atoms with Crippen molar-refractivity contribution in [3.63, 3.8) is 0 Å². The molecular weight excluding hydrogens is 286 g/mol. The van der Waals surface area contributed by atoms with E-state index in [1.54, 1.807) is 11.0 Å². The Morgan fingerprint density at radius 1 is 1.50 bits per heavy atom. The van der Waals surface area contributed by atoms with Gasteiger partial charge in [0.15, 0.2) is 0 Å². The minimum Gasteiger partial charge on any atom is -0.449 e. The quantitative estimate of drug-likeness (QED) is 0.474. The van der Waals surface area contributed by atoms with Gasteiger partial charge in [0, 0.05) is 24.7 Å². The number of pyridine rings is 1. The molecule has 1 aromatic rings. The van der Waals surface area contributed by atoms with Crippen molar-refractivity contribution in [3.8, 4) is 0 Å². The van der Waals surface area contributed by atoms with Gasteiger partial charge >= 0.3 is 11.9 Å². The third-order valence-corrected chi connectivity index (χ3v) is 3.50. The van der Waals surface area contributed by atoms with Gasteiger partial charge in [-0.05, 0) is 34.4 Å². The average Bonchev–Trinajstić information content (AvgIpc) is 2.55. The molecule has 1 aliphatic rings. The minimum absolute atomic E-state index is 0.165. The highest BCUT2D eigenvalue weighted by molar-refractivity contribution is 5.72. The van der Waals surface area contributed by atoms with Gasteiger partial charge in [-0.3, -0.25) is 0 Å². The molecule has 0 atom stereocenters. The van der Waals surface area contributed by atoms with Gasteiger partial charge in [0.1, 0.15) is 6.20 Å². The molecule has 7 nitrogen and oxygen atoms in total. The maximum absolute atomic E-state index is 11.8. The average molecular weight is 305 g/mol. The van der Waals surface area contributed by atoms with Crippen molar-refractivity contribution in [1.29, 1.82) is 0 Å². The van der Waals surface area contributed by atoms with E-state index in [1.807, 2.05) is 13.0 Å². The lowest BCUT2D eigenvalue weighted by Gasteiger charge is -2.25. The van der Waals surface area contributed by atoms with E-state index in [4.69, 9.17) is 4.74 Å². The van der Waals surface area contributed by atoms with Gasteiger partial charge in [-0.15, -0.1) is 0 Å². The minimum atomic E-state index is -0.521. The van der Waals surface area contributed by atoms with E-state index in [2.05, 4.69) is 4.98 Å². The number of ether oxygens (including phenoxy) is 1. The predicted octanol–water partition coefficient (Wildman–Crippen LogP) is 3.02. The Morgan fingerprint density at radius 2 is 2.32 bits per heavy atom. The Hall–Kier alpha value is -2.44. The van der Waals surface area contributed by atoms with Crippen LogP contribution < -0.4 is 0 Å². The summed E-state index contributed by atoms with van der Waals surface area (Å²) >= 11 is 0. The maximum Gasteiger partial charge on any atom is 0.410 e. The lowest BCUT2D eigenvalue weighted by atomic mass is 10.0. The Labute approximate surface area is 128 Å². The first-order chi connectivity index (χ1) is 10.6. The SMILES string of the molecule is CCCCOC(=O)N1CC=C(c2ccc([N+](=O)[O-])nc2)CC1. The number of rotatable bonds is 5. The Morgan fingerprint density at radius 3 is 2.86 bits per heavy atom. The van der Waals surface area contributed by atoms with Gasteiger partial charge in [-0.25, -0.2) is 4.79 Å². The Kier molecular flexibility index (Phi) is 5.46. The normalized spacial score (nSPS) is 14.4. The smallest absolute Gasteiger partial charge is 0.410 e. The summed E-state index contributed by atoms with van der Waals surface area (Å²) in [7, 11) is 0. The molecule has 0 N–H and O–H groups in total. The molecule has 7 heteroatoms. The summed E-state index contributed by atoms with van der Waals surface area (Å²) < 4.78 is 5.18. The standard InChI is InChI=1S/C15H19N3O4/c1-2-3-10-22-15(19)17-8-6-12(7-9-17)13-4-5-14(16-11-13)18(20)21/h4-6,11H,2-3,7-10H2,1H3. The van der Waals surface area contributed by atoms with E-state index < -0.39 is 4.92 Å². The molecule has 1 aromatic heterocycles. The van der Waals surface area contributed by atoms with Crippen molar-refractivity contribution in [2.75, 3.05) is 19.7 Å². The first-order valence-electron chi connectivity index (χ1n) is 7.33. The predicted molar refractivity (Wildman–Crippen MR) is 81.3 cm³/mol. The molecule has 0 radical (unpaired) electrons. The summed E-state index contributed by atoms with van der Waals surface area (Å²) in [6.07, 6.45) is 5.69. The Bertz CT molecular complexity index is 569. The number of carbonyl (C=O) groups is 1. The molecule has 0 unspecified atom stereocenters. The zero-order valence-electron chi connectivity index (χ0n) is 12.5. The molecule has 1 amide bonds. The highest BCUT2D eigenvalue weighted by atomic mass is 16.6. The lowest BCUT2D eigenvalue weighted by Crippen LogP contribution is -2.35. The molecule has 0 fully saturated rings. The van der Waals surface area contributed by atoms with Crippen molar-refractivity contribution < 1.29 is 14.5 Å². The van der Waals surface area contributed by atoms with Crippen LogP contribution in [0, 0.1) is 10.1 Å². The van der Waals surface area contributed by atoms with Crippen LogP contribution in [0.15, 0.2) is 24.4 Å². The van der Waals surface area contributed by atoms with Gasteiger partial charge in [-0.1, -0.05) is 19.4 Å². The maximum atomic E-state index is 11.8. The number of amides is 1. The number of nitro groups is 1. The molecule has 1 aliphatic heterocycles. The number of unbranched alkanes of at least 4 members (excludes halogenated alkanes) is 1. The first kappa shape index (κ1) is 15.9. The van der Waals surface area contributed by atoms with E-state index in [0.717, 1.165) is 24.0 Å². The highest BCUT2D eigenvalue weighted by Crippen LogP contribution is 2.23. The van der Waals surface area contributed by atoms with Crippen LogP contribution >= 0.6 is 0 Å². The van der Waals surface area contributed by atoms with Crippen molar-refractivity contribution >= 4 is 17.5 Å². The summed E-state index contributed by atoms with van der Waals surface area (Å²) in [4.78, 5) is 27.4. The molecule has 118 valence electrons. The van der Waals surface area contributed by atoms with Crippen molar-refractivity contribution in [3.05, 3.63) is 40.1 Å². The summed E-state index contributed by atoms with van der Waals surface area (Å²) in [5, 5.41) is 10.6. The van der Waals surface area contributed by atoms with Gasteiger partial charge in [0.05, 0.1) is 6.61 Å². The van der Waals surface area contributed by atoms with Crippen LogP contribution in [-0.4, -0.2) is 40.6 Å². The number of nitrogens with zero attached hydrogens (tertiary/aromatic N) is 3. The number of aromatic nitrogens is 1. The molecule has 0 saturated carbocycles. The number of carbonyl (C=O) groups excluding carboxylic acids is 1. The second-order valence-corrected chi connectivity index (χ2v) is 5.06. The highest BCUT2D eigenvalue weighted by Gasteiger charge is 2.19. The monoisotopic (exact) mass is 305 g/mol. The largest absolute Gasteiger partial charge is 0.449 e. The molecule has 0 saturated heterocycles. The molecule has 0 aliphatic carbocycles. The fourth-order valence-electron chi connectivity index (χ4n) is 2.18. The molecule has 0 spiro atoms. The molecular formula is C15H19N3O4. The molecule has 0 aromatic carbocycles. The topological polar surface area (TPSA) is 85.6 Å². The van der Waals surface area contributed by atoms with E-state index in [1.165, 1.54) is 12.3 Å². The molecule has 22 heavy (non-hydrogen) atoms. The van der Waals surface area contributed by atoms with Gasteiger partial charge in [0.25, 0.3) is 0 Å². The number of hydrogen-bond donors (Lipinski definition) is 0. The second kappa shape index (κ2) is 7.53. The van der Waals surface area contributed by atoms with E-state index in [-0.39, 0.29) is 11.9 Å². The summed E-state index contributed by atoms with van der Waals surface area (Å²) in [6, 6.07) is 3.08. The summed E-state index contributed by atoms with van der Waals surface area (Å²) in [5.74, 6) is -0.165. The molecule has 2 rings (SSSR count). The first-order valence-corrected chi connectivity index (χ1v) is 7.33. The summed E-state index contributed by atoms with van der Waals surface area (Å²) in [5.41, 5.74) is 1.89. The van der Waals surface area contributed by atoms with E-state index >= 15 is 0 Å². The van der Waals surface area contributed by atoms with Gasteiger partial charge in [0.2, 0.25) is 0 Å². The fourth-order valence-corrected chi connectivity index (χ4v) is 2.18.